The van der Waals surface area contributed by atoms with E-state index in [1.807, 2.05) is 24.3 Å². The molecule has 0 aliphatic heterocycles. The topological polar surface area (TPSA) is 30.5 Å². The Bertz CT molecular complexity index is 549. The van der Waals surface area contributed by atoms with E-state index in [1.54, 1.807) is 14.2 Å². The summed E-state index contributed by atoms with van der Waals surface area (Å²) in [6, 6.07) is 16.9. The molecule has 0 radical (unpaired) electrons. The van der Waals surface area contributed by atoms with Gasteiger partial charge in [-0.2, -0.15) is 0 Å². The first-order valence-electron chi connectivity index (χ1n) is 7.77. The molecule has 0 amide bonds. The minimum absolute atomic E-state index is 0.379. The predicted molar refractivity (Wildman–Crippen MR) is 90.7 cm³/mol. The van der Waals surface area contributed by atoms with Crippen LogP contribution in [0.5, 0.6) is 11.5 Å². The molecule has 0 saturated heterocycles. The van der Waals surface area contributed by atoms with Crippen LogP contribution in [0.4, 0.5) is 0 Å². The second kappa shape index (κ2) is 8.44. The molecule has 118 valence electrons. The number of hydrogen-bond acceptors (Lipinski definition) is 3. The van der Waals surface area contributed by atoms with E-state index in [-0.39, 0.29) is 0 Å². The molecule has 0 saturated carbocycles. The summed E-state index contributed by atoms with van der Waals surface area (Å²) in [7, 11) is 3.39. The Labute approximate surface area is 133 Å². The zero-order valence-electron chi connectivity index (χ0n) is 13.6. The molecule has 0 aliphatic rings. The SMILES string of the molecule is CCC(NCCc1ccc(OC)cc1)c1ccc(OC)cc1. The summed E-state index contributed by atoms with van der Waals surface area (Å²) in [5.74, 6) is 1.80. The van der Waals surface area contributed by atoms with Crippen molar-refractivity contribution in [1.82, 2.24) is 5.32 Å². The third-order valence-electron chi connectivity index (χ3n) is 3.89. The standard InChI is InChI=1S/C19H25NO2/c1-4-19(16-7-11-18(22-3)12-8-16)20-14-13-15-5-9-17(21-2)10-6-15/h5-12,19-20H,4,13-14H2,1-3H3. The van der Waals surface area contributed by atoms with Crippen molar-refractivity contribution in [1.29, 1.82) is 0 Å². The molecule has 0 bridgehead atoms. The van der Waals surface area contributed by atoms with Crippen LogP contribution in [0.25, 0.3) is 0 Å². The average molecular weight is 299 g/mol. The molecular formula is C19H25NO2. The number of ether oxygens (including phenoxy) is 2. The van der Waals surface area contributed by atoms with Gasteiger partial charge in [-0.3, -0.25) is 0 Å². The first-order valence-corrected chi connectivity index (χ1v) is 7.77. The first kappa shape index (κ1) is 16.4. The highest BCUT2D eigenvalue weighted by atomic mass is 16.5. The molecule has 0 fully saturated rings. The number of benzene rings is 2. The van der Waals surface area contributed by atoms with E-state index in [1.165, 1.54) is 11.1 Å². The lowest BCUT2D eigenvalue weighted by Crippen LogP contribution is -2.23. The zero-order chi connectivity index (χ0) is 15.8. The Kier molecular flexibility index (Phi) is 6.28. The van der Waals surface area contributed by atoms with E-state index in [0.29, 0.717) is 6.04 Å². The second-order valence-corrected chi connectivity index (χ2v) is 5.29. The molecule has 1 atom stereocenters. The maximum absolute atomic E-state index is 5.21. The summed E-state index contributed by atoms with van der Waals surface area (Å²) < 4.78 is 10.4. The summed E-state index contributed by atoms with van der Waals surface area (Å²) in [6.45, 7) is 3.16. The van der Waals surface area contributed by atoms with Gasteiger partial charge in [-0.15, -0.1) is 0 Å². The van der Waals surface area contributed by atoms with Crippen LogP contribution in [-0.4, -0.2) is 20.8 Å². The van der Waals surface area contributed by atoms with Gasteiger partial charge in [0.2, 0.25) is 0 Å². The highest BCUT2D eigenvalue weighted by Gasteiger charge is 2.08. The molecular weight excluding hydrogens is 274 g/mol. The normalized spacial score (nSPS) is 12.0. The second-order valence-electron chi connectivity index (χ2n) is 5.29. The molecule has 1 N–H and O–H groups in total. The van der Waals surface area contributed by atoms with Crippen molar-refractivity contribution < 1.29 is 9.47 Å². The summed E-state index contributed by atoms with van der Waals surface area (Å²) in [6.07, 6.45) is 2.07. The van der Waals surface area contributed by atoms with E-state index in [4.69, 9.17) is 9.47 Å². The van der Waals surface area contributed by atoms with Crippen LogP contribution >= 0.6 is 0 Å². The number of rotatable bonds is 8. The van der Waals surface area contributed by atoms with E-state index >= 15 is 0 Å². The first-order chi connectivity index (χ1) is 10.8. The fourth-order valence-corrected chi connectivity index (χ4v) is 2.52. The van der Waals surface area contributed by atoms with Crippen LogP contribution < -0.4 is 14.8 Å². The van der Waals surface area contributed by atoms with E-state index in [9.17, 15) is 0 Å². The van der Waals surface area contributed by atoms with Crippen molar-refractivity contribution in [3.63, 3.8) is 0 Å². The molecule has 0 heterocycles. The Morgan fingerprint density at radius 2 is 1.41 bits per heavy atom. The summed E-state index contributed by atoms with van der Waals surface area (Å²) in [5, 5.41) is 3.63. The molecule has 0 aromatic heterocycles. The van der Waals surface area contributed by atoms with Gasteiger partial charge in [-0.05, 0) is 54.8 Å². The van der Waals surface area contributed by atoms with Crippen LogP contribution in [0.2, 0.25) is 0 Å². The minimum atomic E-state index is 0.379. The van der Waals surface area contributed by atoms with Gasteiger partial charge in [0, 0.05) is 6.04 Å². The highest BCUT2D eigenvalue weighted by molar-refractivity contribution is 5.29. The number of nitrogens with one attached hydrogen (secondary N) is 1. The Balaban J connectivity index is 1.87. The lowest BCUT2D eigenvalue weighted by atomic mass is 10.0. The average Bonchev–Trinajstić information content (AvgIpc) is 2.59. The fraction of sp³-hybridized carbons (Fsp3) is 0.368. The maximum atomic E-state index is 5.21. The molecule has 3 nitrogen and oxygen atoms in total. The molecule has 0 spiro atoms. The van der Waals surface area contributed by atoms with E-state index in [0.717, 1.165) is 30.9 Å². The van der Waals surface area contributed by atoms with Gasteiger partial charge in [0.05, 0.1) is 14.2 Å². The van der Waals surface area contributed by atoms with Crippen molar-refractivity contribution in [2.45, 2.75) is 25.8 Å². The Hall–Kier alpha value is -2.00. The van der Waals surface area contributed by atoms with Crippen LogP contribution in [0.3, 0.4) is 0 Å². The van der Waals surface area contributed by atoms with Crippen molar-refractivity contribution >= 4 is 0 Å². The van der Waals surface area contributed by atoms with Gasteiger partial charge in [0.15, 0.2) is 0 Å². The lowest BCUT2D eigenvalue weighted by molar-refractivity contribution is 0.414. The lowest BCUT2D eigenvalue weighted by Gasteiger charge is -2.18. The summed E-state index contributed by atoms with van der Waals surface area (Å²) >= 11 is 0. The smallest absolute Gasteiger partial charge is 0.118 e. The van der Waals surface area contributed by atoms with Crippen molar-refractivity contribution in [3.05, 3.63) is 59.7 Å². The third-order valence-corrected chi connectivity index (χ3v) is 3.89. The van der Waals surface area contributed by atoms with Gasteiger partial charge < -0.3 is 14.8 Å². The van der Waals surface area contributed by atoms with Gasteiger partial charge in [-0.1, -0.05) is 31.2 Å². The summed E-state index contributed by atoms with van der Waals surface area (Å²) in [4.78, 5) is 0. The molecule has 2 aromatic rings. The molecule has 22 heavy (non-hydrogen) atoms. The predicted octanol–water partition coefficient (Wildman–Crippen LogP) is 3.99. The molecule has 0 aliphatic carbocycles. The van der Waals surface area contributed by atoms with Crippen LogP contribution in [0.15, 0.2) is 48.5 Å². The number of methoxy groups -OCH3 is 2. The minimum Gasteiger partial charge on any atom is -0.497 e. The monoisotopic (exact) mass is 299 g/mol. The maximum Gasteiger partial charge on any atom is 0.118 e. The molecule has 2 aromatic carbocycles. The fourth-order valence-electron chi connectivity index (χ4n) is 2.52. The zero-order valence-corrected chi connectivity index (χ0v) is 13.6. The van der Waals surface area contributed by atoms with E-state index < -0.39 is 0 Å². The van der Waals surface area contributed by atoms with Crippen LogP contribution in [0.1, 0.15) is 30.5 Å². The van der Waals surface area contributed by atoms with Crippen molar-refractivity contribution in [2.24, 2.45) is 0 Å². The van der Waals surface area contributed by atoms with Gasteiger partial charge >= 0.3 is 0 Å². The largest absolute Gasteiger partial charge is 0.497 e. The van der Waals surface area contributed by atoms with Crippen LogP contribution in [0, 0.1) is 0 Å². The molecule has 3 heteroatoms. The van der Waals surface area contributed by atoms with Crippen LogP contribution in [-0.2, 0) is 6.42 Å². The van der Waals surface area contributed by atoms with Gasteiger partial charge in [-0.25, -0.2) is 0 Å². The van der Waals surface area contributed by atoms with Gasteiger partial charge in [0.25, 0.3) is 0 Å². The molecule has 1 unspecified atom stereocenters. The van der Waals surface area contributed by atoms with E-state index in [2.05, 4.69) is 36.5 Å². The Morgan fingerprint density at radius 3 is 1.91 bits per heavy atom. The number of hydrogen-bond donors (Lipinski definition) is 1. The molecule has 2 rings (SSSR count). The highest BCUT2D eigenvalue weighted by Crippen LogP contribution is 2.20. The van der Waals surface area contributed by atoms with Crippen molar-refractivity contribution in [2.75, 3.05) is 20.8 Å². The van der Waals surface area contributed by atoms with Crippen molar-refractivity contribution in [3.8, 4) is 11.5 Å². The summed E-state index contributed by atoms with van der Waals surface area (Å²) in [5.41, 5.74) is 2.62. The van der Waals surface area contributed by atoms with Gasteiger partial charge in [0.1, 0.15) is 11.5 Å². The Morgan fingerprint density at radius 1 is 0.864 bits per heavy atom. The third kappa shape index (κ3) is 4.50. The quantitative estimate of drug-likeness (QED) is 0.799.